The molecular weight excluding hydrogens is 338 g/mol. The second kappa shape index (κ2) is 8.75. The van der Waals surface area contributed by atoms with E-state index in [-0.39, 0.29) is 0 Å². The Morgan fingerprint density at radius 2 is 1.93 bits per heavy atom. The van der Waals surface area contributed by atoms with Crippen molar-refractivity contribution in [3.63, 3.8) is 0 Å². The van der Waals surface area contributed by atoms with E-state index >= 15 is 0 Å². The molecule has 0 atom stereocenters. The summed E-state index contributed by atoms with van der Waals surface area (Å²) in [6.07, 6.45) is 1.74. The van der Waals surface area contributed by atoms with E-state index in [1.165, 1.54) is 16.8 Å². The molecule has 0 bridgehead atoms. The highest BCUT2D eigenvalue weighted by molar-refractivity contribution is 5.80. The third-order valence-electron chi connectivity index (χ3n) is 5.19. The number of aliphatic imine (C=N–C) groups is 1. The number of nitrogens with zero attached hydrogens (tertiary/aromatic N) is 4. The highest BCUT2D eigenvalue weighted by atomic mass is 16.5. The first-order valence-corrected chi connectivity index (χ1v) is 9.38. The third-order valence-corrected chi connectivity index (χ3v) is 5.19. The highest BCUT2D eigenvalue weighted by Crippen LogP contribution is 2.24. The molecule has 3 rings (SSSR count). The number of anilines is 1. The lowest BCUT2D eigenvalue weighted by Gasteiger charge is -2.38. The van der Waals surface area contributed by atoms with Gasteiger partial charge >= 0.3 is 0 Å². The van der Waals surface area contributed by atoms with Crippen LogP contribution in [0.15, 0.2) is 41.5 Å². The fourth-order valence-corrected chi connectivity index (χ4v) is 3.49. The maximum Gasteiger partial charge on any atom is 0.218 e. The van der Waals surface area contributed by atoms with E-state index in [0.717, 1.165) is 37.7 Å². The molecule has 1 fully saturated rings. The number of ether oxygens (including phenoxy) is 1. The number of pyridine rings is 1. The Kier molecular flexibility index (Phi) is 6.16. The molecule has 0 spiro atoms. The van der Waals surface area contributed by atoms with Gasteiger partial charge in [0.2, 0.25) is 5.88 Å². The van der Waals surface area contributed by atoms with Crippen LogP contribution < -0.4 is 15.0 Å². The second-order valence-corrected chi connectivity index (χ2v) is 6.77. The van der Waals surface area contributed by atoms with Crippen LogP contribution in [-0.2, 0) is 6.54 Å². The van der Waals surface area contributed by atoms with Gasteiger partial charge < -0.3 is 19.9 Å². The molecule has 6 heteroatoms. The van der Waals surface area contributed by atoms with Gasteiger partial charge in [-0.2, -0.15) is 0 Å². The molecule has 1 saturated heterocycles. The summed E-state index contributed by atoms with van der Waals surface area (Å²) in [5.41, 5.74) is 5.09. The Balaban J connectivity index is 1.60. The quantitative estimate of drug-likeness (QED) is 0.665. The number of guanidine groups is 1. The van der Waals surface area contributed by atoms with Crippen molar-refractivity contribution >= 4 is 11.6 Å². The maximum absolute atomic E-state index is 5.33. The molecule has 1 aliphatic rings. The molecule has 0 radical (unpaired) electrons. The number of piperazine rings is 1. The van der Waals surface area contributed by atoms with E-state index in [2.05, 4.69) is 57.1 Å². The monoisotopic (exact) mass is 367 g/mol. The molecule has 0 unspecified atom stereocenters. The van der Waals surface area contributed by atoms with Crippen molar-refractivity contribution in [3.05, 3.63) is 53.2 Å². The number of nitrogens with one attached hydrogen (secondary N) is 1. The van der Waals surface area contributed by atoms with Crippen LogP contribution in [0.4, 0.5) is 5.69 Å². The van der Waals surface area contributed by atoms with Crippen LogP contribution in [0.25, 0.3) is 0 Å². The molecule has 27 heavy (non-hydrogen) atoms. The van der Waals surface area contributed by atoms with Gasteiger partial charge in [0.05, 0.1) is 7.11 Å². The average Bonchev–Trinajstić information content (AvgIpc) is 2.71. The summed E-state index contributed by atoms with van der Waals surface area (Å²) in [4.78, 5) is 13.5. The maximum atomic E-state index is 5.33. The van der Waals surface area contributed by atoms with E-state index in [1.807, 2.05) is 19.2 Å². The van der Waals surface area contributed by atoms with Gasteiger partial charge in [0.1, 0.15) is 0 Å². The first kappa shape index (κ1) is 19.0. The third kappa shape index (κ3) is 4.32. The molecule has 6 nitrogen and oxygen atoms in total. The number of benzene rings is 1. The Hall–Kier alpha value is -2.76. The lowest BCUT2D eigenvalue weighted by atomic mass is 10.1. The number of rotatable bonds is 4. The Labute approximate surface area is 161 Å². The Morgan fingerprint density at radius 1 is 1.15 bits per heavy atom. The molecule has 0 amide bonds. The molecule has 2 heterocycles. The number of aryl methyl sites for hydroxylation is 1. The minimum atomic E-state index is 0.640. The van der Waals surface area contributed by atoms with Gasteiger partial charge in [0.25, 0.3) is 0 Å². The molecule has 1 aromatic carbocycles. The van der Waals surface area contributed by atoms with Crippen LogP contribution in [0.5, 0.6) is 5.88 Å². The van der Waals surface area contributed by atoms with Gasteiger partial charge in [-0.25, -0.2) is 4.98 Å². The number of aromatic nitrogens is 1. The summed E-state index contributed by atoms with van der Waals surface area (Å²) in [5.74, 6) is 1.57. The smallest absolute Gasteiger partial charge is 0.218 e. The average molecular weight is 367 g/mol. The Morgan fingerprint density at radius 3 is 2.63 bits per heavy atom. The molecule has 1 N–H and O–H groups in total. The van der Waals surface area contributed by atoms with E-state index in [4.69, 9.17) is 4.74 Å². The largest absolute Gasteiger partial charge is 0.481 e. The highest BCUT2D eigenvalue weighted by Gasteiger charge is 2.21. The van der Waals surface area contributed by atoms with Crippen LogP contribution >= 0.6 is 0 Å². The van der Waals surface area contributed by atoms with Crippen LogP contribution in [0.3, 0.4) is 0 Å². The van der Waals surface area contributed by atoms with Crippen molar-refractivity contribution in [3.8, 4) is 5.88 Å². The number of hydrogen-bond donors (Lipinski definition) is 1. The molecule has 2 aromatic rings. The summed E-state index contributed by atoms with van der Waals surface area (Å²) >= 11 is 0. The van der Waals surface area contributed by atoms with E-state index in [9.17, 15) is 0 Å². The van der Waals surface area contributed by atoms with Crippen LogP contribution in [0.1, 0.15) is 16.7 Å². The van der Waals surface area contributed by atoms with Gasteiger partial charge in [-0.15, -0.1) is 0 Å². The lowest BCUT2D eigenvalue weighted by Crippen LogP contribution is -2.52. The van der Waals surface area contributed by atoms with Crippen molar-refractivity contribution in [1.29, 1.82) is 0 Å². The summed E-state index contributed by atoms with van der Waals surface area (Å²) in [6, 6.07) is 10.5. The van der Waals surface area contributed by atoms with Gasteiger partial charge in [0.15, 0.2) is 5.96 Å². The van der Waals surface area contributed by atoms with Gasteiger partial charge in [-0.3, -0.25) is 4.99 Å². The van der Waals surface area contributed by atoms with Crippen molar-refractivity contribution in [2.24, 2.45) is 4.99 Å². The normalized spacial score (nSPS) is 15.0. The predicted octanol–water partition coefficient (Wildman–Crippen LogP) is 2.60. The van der Waals surface area contributed by atoms with E-state index < -0.39 is 0 Å². The van der Waals surface area contributed by atoms with Crippen molar-refractivity contribution in [2.75, 3.05) is 45.2 Å². The minimum absolute atomic E-state index is 0.640. The molecule has 1 aromatic heterocycles. The first-order valence-electron chi connectivity index (χ1n) is 9.38. The molecule has 1 aliphatic heterocycles. The number of methoxy groups -OCH3 is 1. The molecule has 144 valence electrons. The van der Waals surface area contributed by atoms with Crippen LogP contribution in [0.2, 0.25) is 0 Å². The van der Waals surface area contributed by atoms with Gasteiger partial charge in [0, 0.05) is 57.2 Å². The van der Waals surface area contributed by atoms with E-state index in [1.54, 1.807) is 13.3 Å². The lowest BCUT2D eigenvalue weighted by molar-refractivity contribution is 0.370. The van der Waals surface area contributed by atoms with Crippen LogP contribution in [-0.4, -0.2) is 56.2 Å². The summed E-state index contributed by atoms with van der Waals surface area (Å²) in [5, 5.41) is 3.44. The van der Waals surface area contributed by atoms with Crippen molar-refractivity contribution < 1.29 is 4.74 Å². The zero-order valence-electron chi connectivity index (χ0n) is 16.7. The zero-order chi connectivity index (χ0) is 19.2. The molecule has 0 aliphatic carbocycles. The van der Waals surface area contributed by atoms with Gasteiger partial charge in [-0.05, 0) is 37.1 Å². The summed E-state index contributed by atoms with van der Waals surface area (Å²) in [6.45, 7) is 8.88. The Bertz CT molecular complexity index is 797. The topological polar surface area (TPSA) is 53.0 Å². The first-order chi connectivity index (χ1) is 13.1. The molecule has 0 saturated carbocycles. The zero-order valence-corrected chi connectivity index (χ0v) is 16.7. The van der Waals surface area contributed by atoms with Crippen molar-refractivity contribution in [1.82, 2.24) is 15.2 Å². The standard InChI is InChI=1S/C21H29N5O/c1-16-7-5-9-19(17(16)2)25-11-13-26(14-12-25)21(22-3)24-15-18-8-6-10-23-20(18)27-4/h5-10H,11-15H2,1-4H3,(H,22,24). The molecular formula is C21H29N5O. The summed E-state index contributed by atoms with van der Waals surface area (Å²) < 4.78 is 5.33. The van der Waals surface area contributed by atoms with Crippen LogP contribution in [0, 0.1) is 13.8 Å². The second-order valence-electron chi connectivity index (χ2n) is 6.77. The van der Waals surface area contributed by atoms with Gasteiger partial charge in [-0.1, -0.05) is 18.2 Å². The van der Waals surface area contributed by atoms with Crippen molar-refractivity contribution in [2.45, 2.75) is 20.4 Å². The summed E-state index contributed by atoms with van der Waals surface area (Å²) in [7, 11) is 3.48. The number of hydrogen-bond acceptors (Lipinski definition) is 4. The fraction of sp³-hybridized carbons (Fsp3) is 0.429. The van der Waals surface area contributed by atoms with E-state index in [0.29, 0.717) is 12.4 Å². The minimum Gasteiger partial charge on any atom is -0.481 e. The fourth-order valence-electron chi connectivity index (χ4n) is 3.49. The predicted molar refractivity (Wildman–Crippen MR) is 111 cm³/mol. The SMILES string of the molecule is CN=C(NCc1cccnc1OC)N1CCN(c2cccc(C)c2C)CC1.